The van der Waals surface area contributed by atoms with E-state index >= 15 is 0 Å². The molecule has 1 aromatic heterocycles. The minimum Gasteiger partial charge on any atom is -0.478 e. The van der Waals surface area contributed by atoms with Crippen LogP contribution in [0.4, 0.5) is 8.78 Å². The highest BCUT2D eigenvalue weighted by atomic mass is 32.2. The van der Waals surface area contributed by atoms with Gasteiger partial charge in [-0.2, -0.15) is 8.78 Å². The molecule has 0 radical (unpaired) electrons. The fourth-order valence-corrected chi connectivity index (χ4v) is 5.24. The number of fused-ring (bicyclic) bond motifs is 1. The molecule has 0 amide bonds. The van der Waals surface area contributed by atoms with Crippen LogP contribution in [0.2, 0.25) is 0 Å². The summed E-state index contributed by atoms with van der Waals surface area (Å²) in [4.78, 5) is 18.2. The summed E-state index contributed by atoms with van der Waals surface area (Å²) in [5.41, 5.74) is 4.10. The normalized spacial score (nSPS) is 11.1. The monoisotopic (exact) mass is 499 g/mol. The number of aromatic nitrogens is 1. The predicted octanol–water partition coefficient (Wildman–Crippen LogP) is 8.02. The van der Waals surface area contributed by atoms with Gasteiger partial charge >= 0.3 is 12.6 Å². The van der Waals surface area contributed by atoms with Crippen LogP contribution in [0.25, 0.3) is 33.3 Å². The Kier molecular flexibility index (Phi) is 6.64. The van der Waals surface area contributed by atoms with Gasteiger partial charge in [0.15, 0.2) is 0 Å². The van der Waals surface area contributed by atoms with Crippen molar-refractivity contribution in [2.45, 2.75) is 16.4 Å². The van der Waals surface area contributed by atoms with Crippen LogP contribution < -0.4 is 4.74 Å². The van der Waals surface area contributed by atoms with Gasteiger partial charge in [0.25, 0.3) is 0 Å². The van der Waals surface area contributed by atoms with Crippen LogP contribution in [0.3, 0.4) is 0 Å². The summed E-state index contributed by atoms with van der Waals surface area (Å²) in [5, 5.41) is 10.7. The van der Waals surface area contributed by atoms with Crippen molar-refractivity contribution < 1.29 is 23.4 Å². The SMILES string of the molecule is O=C(O)c1ccccc1Sc1c(-c2ccc(OC(F)F)cc2)nc2ccccc2c1-c1ccccc1. The topological polar surface area (TPSA) is 59.4 Å². The molecule has 0 saturated heterocycles. The molecule has 178 valence electrons. The number of halogens is 2. The van der Waals surface area contributed by atoms with Crippen molar-refractivity contribution in [2.24, 2.45) is 0 Å². The number of para-hydroxylation sites is 1. The molecule has 4 aromatic carbocycles. The number of carboxylic acids is 1. The van der Waals surface area contributed by atoms with Crippen molar-refractivity contribution in [1.29, 1.82) is 0 Å². The number of benzene rings is 4. The van der Waals surface area contributed by atoms with Crippen molar-refractivity contribution in [1.82, 2.24) is 4.98 Å². The van der Waals surface area contributed by atoms with Crippen LogP contribution in [0.5, 0.6) is 5.75 Å². The first-order chi connectivity index (χ1) is 17.5. The first-order valence-electron chi connectivity index (χ1n) is 11.0. The Morgan fingerprint density at radius 3 is 2.19 bits per heavy atom. The van der Waals surface area contributed by atoms with Crippen molar-refractivity contribution in [2.75, 3.05) is 0 Å². The molecule has 5 rings (SSSR count). The van der Waals surface area contributed by atoms with Gasteiger partial charge in [-0.3, -0.25) is 0 Å². The Morgan fingerprint density at radius 2 is 1.47 bits per heavy atom. The summed E-state index contributed by atoms with van der Waals surface area (Å²) < 4.78 is 29.9. The van der Waals surface area contributed by atoms with Crippen molar-refractivity contribution in [3.63, 3.8) is 0 Å². The van der Waals surface area contributed by atoms with Crippen molar-refractivity contribution >= 4 is 28.6 Å². The van der Waals surface area contributed by atoms with Crippen LogP contribution in [-0.2, 0) is 0 Å². The zero-order valence-electron chi connectivity index (χ0n) is 18.8. The maximum absolute atomic E-state index is 12.7. The smallest absolute Gasteiger partial charge is 0.387 e. The van der Waals surface area contributed by atoms with Gasteiger partial charge in [0, 0.05) is 26.3 Å². The second-order valence-electron chi connectivity index (χ2n) is 7.85. The molecule has 1 N–H and O–H groups in total. The molecule has 0 aliphatic carbocycles. The van der Waals surface area contributed by atoms with E-state index in [-0.39, 0.29) is 11.3 Å². The van der Waals surface area contributed by atoms with Crippen molar-refractivity contribution in [3.05, 3.63) is 109 Å². The number of alkyl halides is 2. The lowest BCUT2D eigenvalue weighted by atomic mass is 9.98. The number of hydrogen-bond donors (Lipinski definition) is 1. The molecule has 4 nitrogen and oxygen atoms in total. The van der Waals surface area contributed by atoms with Gasteiger partial charge in [-0.1, -0.05) is 72.4 Å². The third kappa shape index (κ3) is 4.78. The zero-order chi connectivity index (χ0) is 25.1. The van der Waals surface area contributed by atoms with Gasteiger partial charge in [-0.15, -0.1) is 0 Å². The number of carbonyl (C=O) groups is 1. The molecule has 7 heteroatoms. The molecule has 0 atom stereocenters. The summed E-state index contributed by atoms with van der Waals surface area (Å²) in [6.07, 6.45) is 0. The van der Waals surface area contributed by atoms with Gasteiger partial charge in [0.05, 0.1) is 16.8 Å². The van der Waals surface area contributed by atoms with Gasteiger partial charge < -0.3 is 9.84 Å². The van der Waals surface area contributed by atoms with Crippen LogP contribution >= 0.6 is 11.8 Å². The number of pyridine rings is 1. The largest absolute Gasteiger partial charge is 0.478 e. The van der Waals surface area contributed by atoms with Gasteiger partial charge in [-0.25, -0.2) is 9.78 Å². The van der Waals surface area contributed by atoms with Crippen LogP contribution in [0.1, 0.15) is 10.4 Å². The maximum Gasteiger partial charge on any atom is 0.387 e. The summed E-state index contributed by atoms with van der Waals surface area (Å²) in [5.74, 6) is -0.980. The summed E-state index contributed by atoms with van der Waals surface area (Å²) >= 11 is 1.32. The highest BCUT2D eigenvalue weighted by molar-refractivity contribution is 7.99. The minimum atomic E-state index is -2.92. The third-order valence-electron chi connectivity index (χ3n) is 5.59. The Morgan fingerprint density at radius 1 is 0.806 bits per heavy atom. The van der Waals surface area contributed by atoms with E-state index in [1.54, 1.807) is 36.4 Å². The molecule has 0 unspecified atom stereocenters. The van der Waals surface area contributed by atoms with Gasteiger partial charge in [-0.05, 0) is 48.0 Å². The summed E-state index contributed by atoms with van der Waals surface area (Å²) in [7, 11) is 0. The summed E-state index contributed by atoms with van der Waals surface area (Å²) in [6.45, 7) is -2.92. The van der Waals surface area contributed by atoms with E-state index in [4.69, 9.17) is 4.98 Å². The Bertz CT molecular complexity index is 1540. The fourth-order valence-electron chi connectivity index (χ4n) is 4.02. The first kappa shape index (κ1) is 23.5. The van der Waals surface area contributed by atoms with E-state index < -0.39 is 12.6 Å². The Hall–Kier alpha value is -4.23. The highest BCUT2D eigenvalue weighted by Crippen LogP contribution is 2.46. The minimum absolute atomic E-state index is 0.0447. The molecule has 0 spiro atoms. The second kappa shape index (κ2) is 10.2. The van der Waals surface area contributed by atoms with E-state index in [1.165, 1.54) is 23.9 Å². The summed E-state index contributed by atoms with van der Waals surface area (Å²) in [6, 6.07) is 30.7. The molecule has 0 aliphatic rings. The van der Waals surface area contributed by atoms with Crippen molar-refractivity contribution in [3.8, 4) is 28.1 Å². The molecule has 0 bridgehead atoms. The quantitative estimate of drug-likeness (QED) is 0.246. The molecule has 0 saturated carbocycles. The van der Waals surface area contributed by atoms with Gasteiger partial charge in [0.2, 0.25) is 0 Å². The molecule has 36 heavy (non-hydrogen) atoms. The fraction of sp³-hybridized carbons (Fsp3) is 0.0345. The molecule has 0 aliphatic heterocycles. The average Bonchev–Trinajstić information content (AvgIpc) is 2.89. The standard InChI is InChI=1S/C29H19F2NO3S/c30-29(31)35-20-16-14-19(15-17-20)26-27(36-24-13-7-5-11-22(24)28(33)34)25(18-8-2-1-3-9-18)21-10-4-6-12-23(21)32-26/h1-17,29H,(H,33,34). The number of hydrogen-bond acceptors (Lipinski definition) is 4. The number of aromatic carboxylic acids is 1. The van der Waals surface area contributed by atoms with Crippen LogP contribution in [0.15, 0.2) is 113 Å². The number of rotatable bonds is 7. The molecular weight excluding hydrogens is 480 g/mol. The van der Waals surface area contributed by atoms with Crippen LogP contribution in [-0.4, -0.2) is 22.7 Å². The zero-order valence-corrected chi connectivity index (χ0v) is 19.6. The molecule has 0 fully saturated rings. The maximum atomic E-state index is 12.7. The average molecular weight is 500 g/mol. The molecular formula is C29H19F2NO3S. The number of ether oxygens (including phenoxy) is 1. The van der Waals surface area contributed by atoms with E-state index in [0.717, 1.165) is 26.9 Å². The van der Waals surface area contributed by atoms with E-state index in [0.29, 0.717) is 16.2 Å². The van der Waals surface area contributed by atoms with Crippen LogP contribution in [0, 0.1) is 0 Å². The Labute approximate surface area is 210 Å². The Balaban J connectivity index is 1.79. The lowest BCUT2D eigenvalue weighted by Crippen LogP contribution is -2.02. The third-order valence-corrected chi connectivity index (χ3v) is 6.77. The van der Waals surface area contributed by atoms with E-state index in [2.05, 4.69) is 4.74 Å². The van der Waals surface area contributed by atoms with Gasteiger partial charge in [0.1, 0.15) is 5.75 Å². The lowest BCUT2D eigenvalue weighted by Gasteiger charge is -2.18. The predicted molar refractivity (Wildman–Crippen MR) is 137 cm³/mol. The first-order valence-corrected chi connectivity index (χ1v) is 11.9. The highest BCUT2D eigenvalue weighted by Gasteiger charge is 2.21. The number of carboxylic acid groups (broad SMARTS) is 1. The van der Waals surface area contributed by atoms with E-state index in [9.17, 15) is 18.7 Å². The second-order valence-corrected chi connectivity index (χ2v) is 8.91. The molecule has 1 heterocycles. The lowest BCUT2D eigenvalue weighted by molar-refractivity contribution is -0.0498. The molecule has 5 aromatic rings. The van der Waals surface area contributed by atoms with E-state index in [1.807, 2.05) is 54.6 Å². The number of nitrogens with zero attached hydrogens (tertiary/aromatic N) is 1.